The number of amides is 2. The molecule has 0 radical (unpaired) electrons. The zero-order chi connectivity index (χ0) is 17.5. The zero-order valence-corrected chi connectivity index (χ0v) is 15.0. The highest BCUT2D eigenvalue weighted by Crippen LogP contribution is 2.21. The molecule has 0 spiro atoms. The van der Waals surface area contributed by atoms with Crippen LogP contribution in [0.5, 0.6) is 0 Å². The first-order valence-corrected chi connectivity index (χ1v) is 7.62. The molecule has 2 unspecified atom stereocenters. The molecule has 22 heavy (non-hydrogen) atoms. The van der Waals surface area contributed by atoms with E-state index >= 15 is 0 Å². The topological polar surface area (TPSA) is 87.5 Å². The van der Waals surface area contributed by atoms with Crippen molar-refractivity contribution >= 4 is 11.8 Å². The largest absolute Gasteiger partial charge is 0.342 e. The van der Waals surface area contributed by atoms with Crippen LogP contribution in [0, 0.1) is 5.41 Å². The smallest absolute Gasteiger partial charge is 0.245 e. The lowest BCUT2D eigenvalue weighted by atomic mass is 9.85. The molecule has 0 bridgehead atoms. The van der Waals surface area contributed by atoms with Crippen LogP contribution in [0.15, 0.2) is 11.6 Å². The monoisotopic (exact) mass is 312 g/mol. The van der Waals surface area contributed by atoms with Crippen LogP contribution in [-0.2, 0) is 9.59 Å². The second kappa shape index (κ2) is 8.90. The van der Waals surface area contributed by atoms with Gasteiger partial charge in [0.05, 0.1) is 6.04 Å². The Morgan fingerprint density at radius 3 is 2.27 bits per heavy atom. The number of likely N-dealkylation sites (N-methyl/N-ethyl adjacent to an activating group) is 2. The molecule has 0 heterocycles. The molecule has 6 heteroatoms. The molecule has 0 aromatic carbocycles. The second-order valence-electron chi connectivity index (χ2n) is 6.79. The van der Waals surface area contributed by atoms with Crippen LogP contribution in [-0.4, -0.2) is 56.0 Å². The lowest BCUT2D eigenvalue weighted by molar-refractivity contribution is -0.138. The summed E-state index contributed by atoms with van der Waals surface area (Å²) in [6.45, 7) is 10.5. The van der Waals surface area contributed by atoms with Crippen LogP contribution in [0.1, 0.15) is 34.6 Å². The Morgan fingerprint density at radius 1 is 1.32 bits per heavy atom. The predicted molar refractivity (Wildman–Crippen MR) is 90.4 cm³/mol. The Hall–Kier alpha value is -1.40. The summed E-state index contributed by atoms with van der Waals surface area (Å²) in [6, 6.07) is -0.922. The molecule has 0 aliphatic rings. The summed E-state index contributed by atoms with van der Waals surface area (Å²) in [5.41, 5.74) is 6.20. The van der Waals surface area contributed by atoms with E-state index in [2.05, 4.69) is 10.6 Å². The molecule has 128 valence electrons. The SMILES string of the molecule is CNC(C)C(=O)NC(C(=O)N(C)C/C=C(\C)CN)C(C)(C)C. The normalized spacial score (nSPS) is 15.2. The Bertz CT molecular complexity index is 413. The number of nitrogens with zero attached hydrogens (tertiary/aromatic N) is 1. The number of nitrogens with one attached hydrogen (secondary N) is 2. The van der Waals surface area contributed by atoms with Crippen LogP contribution in [0.4, 0.5) is 0 Å². The lowest BCUT2D eigenvalue weighted by Crippen LogP contribution is -2.56. The van der Waals surface area contributed by atoms with Gasteiger partial charge >= 0.3 is 0 Å². The fraction of sp³-hybridized carbons (Fsp3) is 0.750. The molecule has 0 aromatic rings. The molecule has 2 atom stereocenters. The van der Waals surface area contributed by atoms with E-state index in [4.69, 9.17) is 5.73 Å². The lowest BCUT2D eigenvalue weighted by Gasteiger charge is -2.34. The van der Waals surface area contributed by atoms with Gasteiger partial charge in [-0.2, -0.15) is 0 Å². The molecule has 0 rings (SSSR count). The van der Waals surface area contributed by atoms with Gasteiger partial charge in [0.1, 0.15) is 6.04 Å². The molecular weight excluding hydrogens is 280 g/mol. The van der Waals surface area contributed by atoms with Gasteiger partial charge < -0.3 is 21.3 Å². The number of hydrogen-bond acceptors (Lipinski definition) is 4. The first-order valence-electron chi connectivity index (χ1n) is 7.62. The van der Waals surface area contributed by atoms with Crippen molar-refractivity contribution in [2.45, 2.75) is 46.7 Å². The Balaban J connectivity index is 5.04. The Labute approximate surface area is 134 Å². The summed E-state index contributed by atoms with van der Waals surface area (Å²) < 4.78 is 0. The van der Waals surface area contributed by atoms with E-state index < -0.39 is 6.04 Å². The molecule has 0 aliphatic heterocycles. The number of carbonyl (C=O) groups excluding carboxylic acids is 2. The quantitative estimate of drug-likeness (QED) is 0.597. The molecule has 0 saturated carbocycles. The van der Waals surface area contributed by atoms with E-state index in [0.29, 0.717) is 13.1 Å². The van der Waals surface area contributed by atoms with Crippen molar-refractivity contribution in [3.05, 3.63) is 11.6 Å². The van der Waals surface area contributed by atoms with E-state index in [0.717, 1.165) is 5.57 Å². The van der Waals surface area contributed by atoms with E-state index in [1.807, 2.05) is 33.8 Å². The van der Waals surface area contributed by atoms with Gasteiger partial charge in [0.15, 0.2) is 0 Å². The van der Waals surface area contributed by atoms with Crippen molar-refractivity contribution in [1.29, 1.82) is 0 Å². The van der Waals surface area contributed by atoms with E-state index in [-0.39, 0.29) is 23.3 Å². The van der Waals surface area contributed by atoms with Crippen LogP contribution >= 0.6 is 0 Å². The van der Waals surface area contributed by atoms with Crippen LogP contribution < -0.4 is 16.4 Å². The number of hydrogen-bond donors (Lipinski definition) is 3. The number of nitrogens with two attached hydrogens (primary N) is 1. The summed E-state index contributed by atoms with van der Waals surface area (Å²) in [6.07, 6.45) is 1.93. The Kier molecular flexibility index (Phi) is 8.34. The molecule has 0 fully saturated rings. The summed E-state index contributed by atoms with van der Waals surface area (Å²) in [4.78, 5) is 26.4. The average molecular weight is 312 g/mol. The van der Waals surface area contributed by atoms with Crippen LogP contribution in [0.2, 0.25) is 0 Å². The second-order valence-corrected chi connectivity index (χ2v) is 6.79. The minimum Gasteiger partial charge on any atom is -0.342 e. The fourth-order valence-electron chi connectivity index (χ4n) is 1.73. The highest BCUT2D eigenvalue weighted by atomic mass is 16.2. The maximum atomic E-state index is 12.7. The minimum atomic E-state index is -0.576. The third kappa shape index (κ3) is 6.58. The average Bonchev–Trinajstić information content (AvgIpc) is 2.46. The summed E-state index contributed by atoms with van der Waals surface area (Å²) >= 11 is 0. The van der Waals surface area contributed by atoms with Gasteiger partial charge in [-0.3, -0.25) is 9.59 Å². The van der Waals surface area contributed by atoms with Crippen molar-refractivity contribution in [1.82, 2.24) is 15.5 Å². The van der Waals surface area contributed by atoms with Gasteiger partial charge in [-0.05, 0) is 26.3 Å². The van der Waals surface area contributed by atoms with E-state index in [1.165, 1.54) is 0 Å². The third-order valence-electron chi connectivity index (χ3n) is 3.64. The molecule has 0 saturated heterocycles. The molecule has 6 nitrogen and oxygen atoms in total. The van der Waals surface area contributed by atoms with Gasteiger partial charge in [-0.25, -0.2) is 0 Å². The van der Waals surface area contributed by atoms with Gasteiger partial charge in [0, 0.05) is 20.1 Å². The maximum Gasteiger partial charge on any atom is 0.245 e. The predicted octanol–water partition coefficient (Wildman–Crippen LogP) is 0.489. The van der Waals surface area contributed by atoms with Crippen LogP contribution in [0.3, 0.4) is 0 Å². The van der Waals surface area contributed by atoms with Crippen molar-refractivity contribution < 1.29 is 9.59 Å². The number of rotatable bonds is 7. The molecule has 0 aliphatic carbocycles. The van der Waals surface area contributed by atoms with Gasteiger partial charge in [0.25, 0.3) is 0 Å². The highest BCUT2D eigenvalue weighted by molar-refractivity contribution is 5.90. The molecule has 0 aromatic heterocycles. The first kappa shape index (κ1) is 20.6. The summed E-state index contributed by atoms with van der Waals surface area (Å²) in [5.74, 6) is -0.289. The van der Waals surface area contributed by atoms with Gasteiger partial charge in [0.2, 0.25) is 11.8 Å². The van der Waals surface area contributed by atoms with Crippen molar-refractivity contribution in [3.8, 4) is 0 Å². The van der Waals surface area contributed by atoms with Crippen LogP contribution in [0.25, 0.3) is 0 Å². The van der Waals surface area contributed by atoms with E-state index in [1.54, 1.807) is 25.9 Å². The first-order chi connectivity index (χ1) is 10.0. The summed E-state index contributed by atoms with van der Waals surface area (Å²) in [7, 11) is 3.44. The minimum absolute atomic E-state index is 0.106. The highest BCUT2D eigenvalue weighted by Gasteiger charge is 2.35. The van der Waals surface area contributed by atoms with Crippen molar-refractivity contribution in [2.24, 2.45) is 11.1 Å². The van der Waals surface area contributed by atoms with Gasteiger partial charge in [-0.1, -0.05) is 32.4 Å². The molecule has 4 N–H and O–H groups in total. The molecular formula is C16H32N4O2. The third-order valence-corrected chi connectivity index (χ3v) is 3.64. The number of carbonyl (C=O) groups is 2. The maximum absolute atomic E-state index is 12.7. The zero-order valence-electron chi connectivity index (χ0n) is 15.0. The van der Waals surface area contributed by atoms with E-state index in [9.17, 15) is 9.59 Å². The Morgan fingerprint density at radius 2 is 1.86 bits per heavy atom. The van der Waals surface area contributed by atoms with Gasteiger partial charge in [-0.15, -0.1) is 0 Å². The standard InChI is InChI=1S/C16H32N4O2/c1-11(10-17)8-9-20(7)15(22)13(16(3,4)5)19-14(21)12(2)18-6/h8,12-13,18H,9-10,17H2,1-7H3,(H,19,21)/b11-8+. The summed E-state index contributed by atoms with van der Waals surface area (Å²) in [5, 5.41) is 5.73. The van der Waals surface area contributed by atoms with Crippen molar-refractivity contribution in [3.63, 3.8) is 0 Å². The molecule has 2 amide bonds. The fourth-order valence-corrected chi connectivity index (χ4v) is 1.73. The van der Waals surface area contributed by atoms with Crippen molar-refractivity contribution in [2.75, 3.05) is 27.2 Å².